The minimum Gasteiger partial charge on any atom is -0.484 e. The van der Waals surface area contributed by atoms with E-state index in [2.05, 4.69) is 25.2 Å². The van der Waals surface area contributed by atoms with E-state index in [1.165, 1.54) is 5.56 Å². The zero-order chi connectivity index (χ0) is 15.6. The lowest BCUT2D eigenvalue weighted by Crippen LogP contribution is -2.61. The first-order chi connectivity index (χ1) is 9.80. The molecule has 0 aliphatic heterocycles. The Bertz CT molecular complexity index is 511. The third-order valence-electron chi connectivity index (χ3n) is 4.45. The molecular weight excluding hydrogens is 266 g/mol. The summed E-state index contributed by atoms with van der Waals surface area (Å²) < 4.78 is 5.55. The average molecular weight is 291 g/mol. The molecule has 1 saturated carbocycles. The van der Waals surface area contributed by atoms with Crippen molar-refractivity contribution in [3.05, 3.63) is 29.8 Å². The number of aliphatic hydroxyl groups is 1. The van der Waals surface area contributed by atoms with Gasteiger partial charge in [0.2, 0.25) is 0 Å². The Morgan fingerprint density at radius 3 is 2.76 bits per heavy atom. The van der Waals surface area contributed by atoms with Gasteiger partial charge in [0.25, 0.3) is 5.91 Å². The van der Waals surface area contributed by atoms with Gasteiger partial charge in [0.15, 0.2) is 6.61 Å². The van der Waals surface area contributed by atoms with Crippen LogP contribution in [-0.4, -0.2) is 29.8 Å². The standard InChI is InChI=1S/C17H25NO3/c1-11(2)12-6-5-7-13(8-12)21-10-16(20)18-14-9-15(19)17(14,3)4/h5-8,11,14-15,19H,9-10H2,1-4H3,(H,18,20). The Morgan fingerprint density at radius 2 is 2.19 bits per heavy atom. The van der Waals surface area contributed by atoms with E-state index in [4.69, 9.17) is 4.74 Å². The summed E-state index contributed by atoms with van der Waals surface area (Å²) >= 11 is 0. The van der Waals surface area contributed by atoms with Crippen LogP contribution >= 0.6 is 0 Å². The van der Waals surface area contributed by atoms with Crippen molar-refractivity contribution in [1.29, 1.82) is 0 Å². The summed E-state index contributed by atoms with van der Waals surface area (Å²) in [7, 11) is 0. The number of hydrogen-bond donors (Lipinski definition) is 2. The second kappa shape index (κ2) is 6.06. The molecule has 0 aromatic heterocycles. The molecule has 2 N–H and O–H groups in total. The summed E-state index contributed by atoms with van der Waals surface area (Å²) in [6.07, 6.45) is 0.271. The fourth-order valence-corrected chi connectivity index (χ4v) is 2.50. The van der Waals surface area contributed by atoms with Gasteiger partial charge in [-0.15, -0.1) is 0 Å². The molecule has 4 nitrogen and oxygen atoms in total. The minimum atomic E-state index is -0.341. The summed E-state index contributed by atoms with van der Waals surface area (Å²) in [5.74, 6) is 0.999. The van der Waals surface area contributed by atoms with Gasteiger partial charge in [-0.2, -0.15) is 0 Å². The van der Waals surface area contributed by atoms with Crippen LogP contribution in [0.3, 0.4) is 0 Å². The smallest absolute Gasteiger partial charge is 0.258 e. The van der Waals surface area contributed by atoms with Crippen LogP contribution in [-0.2, 0) is 4.79 Å². The van der Waals surface area contributed by atoms with E-state index in [1.807, 2.05) is 32.0 Å². The van der Waals surface area contributed by atoms with E-state index in [0.29, 0.717) is 18.1 Å². The number of amides is 1. The third kappa shape index (κ3) is 3.56. The minimum absolute atomic E-state index is 0.00419. The monoisotopic (exact) mass is 291 g/mol. The molecule has 0 bridgehead atoms. The molecule has 1 aromatic carbocycles. The number of hydrogen-bond acceptors (Lipinski definition) is 3. The number of rotatable bonds is 5. The van der Waals surface area contributed by atoms with Gasteiger partial charge in [0, 0.05) is 11.5 Å². The number of carbonyl (C=O) groups excluding carboxylic acids is 1. The van der Waals surface area contributed by atoms with E-state index >= 15 is 0 Å². The van der Waals surface area contributed by atoms with Crippen LogP contribution in [0, 0.1) is 5.41 Å². The van der Waals surface area contributed by atoms with Gasteiger partial charge >= 0.3 is 0 Å². The number of carbonyl (C=O) groups is 1. The Hall–Kier alpha value is -1.55. The van der Waals surface area contributed by atoms with Crippen molar-refractivity contribution in [1.82, 2.24) is 5.32 Å². The molecule has 1 fully saturated rings. The van der Waals surface area contributed by atoms with Crippen LogP contribution < -0.4 is 10.1 Å². The average Bonchev–Trinajstić information content (AvgIpc) is 2.45. The summed E-state index contributed by atoms with van der Waals surface area (Å²) in [6.45, 7) is 8.16. The maximum absolute atomic E-state index is 11.9. The summed E-state index contributed by atoms with van der Waals surface area (Å²) in [6, 6.07) is 7.83. The van der Waals surface area contributed by atoms with Crippen LogP contribution in [0.2, 0.25) is 0 Å². The third-order valence-corrected chi connectivity index (χ3v) is 4.45. The molecule has 0 saturated heterocycles. The van der Waals surface area contributed by atoms with E-state index in [9.17, 15) is 9.90 Å². The Kier molecular flexibility index (Phi) is 4.57. The molecule has 0 spiro atoms. The zero-order valence-electron chi connectivity index (χ0n) is 13.2. The van der Waals surface area contributed by atoms with Crippen molar-refractivity contribution >= 4 is 5.91 Å². The fourth-order valence-electron chi connectivity index (χ4n) is 2.50. The van der Waals surface area contributed by atoms with Gasteiger partial charge in [0.1, 0.15) is 5.75 Å². The highest BCUT2D eigenvalue weighted by atomic mass is 16.5. The second-order valence-corrected chi connectivity index (χ2v) is 6.71. The maximum Gasteiger partial charge on any atom is 0.258 e. The molecule has 1 aromatic rings. The Labute approximate surface area is 126 Å². The normalized spacial score (nSPS) is 23.5. The summed E-state index contributed by atoms with van der Waals surface area (Å²) in [4.78, 5) is 11.9. The van der Waals surface area contributed by atoms with Crippen molar-refractivity contribution in [3.63, 3.8) is 0 Å². The first-order valence-corrected chi connectivity index (χ1v) is 7.51. The van der Waals surface area contributed by atoms with Crippen molar-refractivity contribution in [2.75, 3.05) is 6.61 Å². The van der Waals surface area contributed by atoms with Gasteiger partial charge in [-0.3, -0.25) is 4.79 Å². The molecule has 4 heteroatoms. The number of nitrogens with one attached hydrogen (secondary N) is 1. The SMILES string of the molecule is CC(C)c1cccc(OCC(=O)NC2CC(O)C2(C)C)c1. The summed E-state index contributed by atoms with van der Waals surface area (Å²) in [5, 5.41) is 12.6. The lowest BCUT2D eigenvalue weighted by atomic mass is 9.64. The van der Waals surface area contributed by atoms with Gasteiger partial charge in [-0.25, -0.2) is 0 Å². The largest absolute Gasteiger partial charge is 0.484 e. The molecule has 2 atom stereocenters. The summed E-state index contributed by atoms with van der Waals surface area (Å²) in [5.41, 5.74) is 0.934. The Balaban J connectivity index is 1.83. The predicted octanol–water partition coefficient (Wildman–Crippen LogP) is 2.46. The maximum atomic E-state index is 11.9. The quantitative estimate of drug-likeness (QED) is 0.876. The van der Waals surface area contributed by atoms with Crippen molar-refractivity contribution in [2.45, 2.75) is 52.2 Å². The molecule has 1 aliphatic rings. The van der Waals surface area contributed by atoms with Gasteiger partial charge in [-0.1, -0.05) is 39.8 Å². The highest BCUT2D eigenvalue weighted by Crippen LogP contribution is 2.40. The molecular formula is C17H25NO3. The highest BCUT2D eigenvalue weighted by Gasteiger charge is 2.47. The topological polar surface area (TPSA) is 58.6 Å². The van der Waals surface area contributed by atoms with Crippen LogP contribution in [0.1, 0.15) is 45.6 Å². The second-order valence-electron chi connectivity index (χ2n) is 6.71. The van der Waals surface area contributed by atoms with Crippen molar-refractivity contribution in [3.8, 4) is 5.75 Å². The van der Waals surface area contributed by atoms with Gasteiger partial charge < -0.3 is 15.2 Å². The van der Waals surface area contributed by atoms with Gasteiger partial charge in [-0.05, 0) is 30.0 Å². The van der Waals surface area contributed by atoms with Crippen molar-refractivity contribution < 1.29 is 14.6 Å². The van der Waals surface area contributed by atoms with Crippen LogP contribution in [0.25, 0.3) is 0 Å². The first kappa shape index (κ1) is 15.8. The molecule has 1 aliphatic carbocycles. The van der Waals surface area contributed by atoms with Crippen LogP contribution in [0.5, 0.6) is 5.75 Å². The Morgan fingerprint density at radius 1 is 1.48 bits per heavy atom. The van der Waals surface area contributed by atoms with E-state index in [0.717, 1.165) is 0 Å². The lowest BCUT2D eigenvalue weighted by molar-refractivity contribution is -0.131. The lowest BCUT2D eigenvalue weighted by Gasteiger charge is -2.49. The van der Waals surface area contributed by atoms with E-state index < -0.39 is 0 Å². The highest BCUT2D eigenvalue weighted by molar-refractivity contribution is 5.78. The molecule has 0 heterocycles. The molecule has 1 amide bonds. The molecule has 21 heavy (non-hydrogen) atoms. The van der Waals surface area contributed by atoms with Gasteiger partial charge in [0.05, 0.1) is 6.10 Å². The first-order valence-electron chi connectivity index (χ1n) is 7.51. The number of ether oxygens (including phenoxy) is 1. The molecule has 116 valence electrons. The molecule has 2 unspecified atom stereocenters. The zero-order valence-corrected chi connectivity index (χ0v) is 13.2. The fraction of sp³-hybridized carbons (Fsp3) is 0.588. The van der Waals surface area contributed by atoms with Crippen LogP contribution in [0.15, 0.2) is 24.3 Å². The van der Waals surface area contributed by atoms with Crippen LogP contribution in [0.4, 0.5) is 0 Å². The number of aliphatic hydroxyl groups excluding tert-OH is 1. The van der Waals surface area contributed by atoms with E-state index in [1.54, 1.807) is 0 Å². The number of benzene rings is 1. The van der Waals surface area contributed by atoms with E-state index in [-0.39, 0.29) is 30.1 Å². The molecule has 0 radical (unpaired) electrons. The predicted molar refractivity (Wildman–Crippen MR) is 82.4 cm³/mol. The van der Waals surface area contributed by atoms with Crippen molar-refractivity contribution in [2.24, 2.45) is 5.41 Å². The molecule has 2 rings (SSSR count).